The molecule has 17 heavy (non-hydrogen) atoms. The highest BCUT2D eigenvalue weighted by Gasteiger charge is 2.07. The number of halogens is 2. The molecule has 1 aromatic heterocycles. The van der Waals surface area contributed by atoms with E-state index in [0.717, 1.165) is 5.69 Å². The van der Waals surface area contributed by atoms with Crippen molar-refractivity contribution in [3.05, 3.63) is 46.1 Å². The Morgan fingerprint density at radius 2 is 2.06 bits per heavy atom. The number of hydrogen-bond donors (Lipinski definition) is 0. The number of benzene rings is 1. The van der Waals surface area contributed by atoms with Crippen molar-refractivity contribution in [2.45, 2.75) is 13.8 Å². The molecule has 0 aliphatic rings. The molecule has 2 rings (SSSR count). The molecule has 0 aliphatic heterocycles. The van der Waals surface area contributed by atoms with Gasteiger partial charge in [-0.1, -0.05) is 0 Å². The van der Waals surface area contributed by atoms with Crippen LogP contribution in [0.5, 0.6) is 11.6 Å². The second-order valence-electron chi connectivity index (χ2n) is 3.58. The summed E-state index contributed by atoms with van der Waals surface area (Å²) >= 11 is 3.08. The zero-order chi connectivity index (χ0) is 12.4. The predicted octanol–water partition coefficient (Wildman–Crippen LogP) is 3.79. The zero-order valence-corrected chi connectivity index (χ0v) is 11.0. The van der Waals surface area contributed by atoms with E-state index >= 15 is 0 Å². The highest BCUT2D eigenvalue weighted by atomic mass is 79.9. The predicted molar refractivity (Wildman–Crippen MR) is 65.7 cm³/mol. The van der Waals surface area contributed by atoms with Crippen LogP contribution in [0.1, 0.15) is 11.4 Å². The Bertz CT molecular complexity index is 560. The van der Waals surface area contributed by atoms with Crippen LogP contribution in [-0.4, -0.2) is 9.97 Å². The first-order valence-electron chi connectivity index (χ1n) is 4.99. The number of aryl methyl sites for hydroxylation is 2. The molecule has 0 N–H and O–H groups in total. The third kappa shape index (κ3) is 2.79. The topological polar surface area (TPSA) is 35.0 Å². The van der Waals surface area contributed by atoms with Gasteiger partial charge in [0.2, 0.25) is 5.88 Å². The van der Waals surface area contributed by atoms with Crippen molar-refractivity contribution in [2.24, 2.45) is 0 Å². The summed E-state index contributed by atoms with van der Waals surface area (Å²) in [5.74, 6) is 0.418. The molecule has 0 saturated heterocycles. The van der Waals surface area contributed by atoms with Crippen molar-refractivity contribution in [1.29, 1.82) is 0 Å². The van der Waals surface area contributed by atoms with Crippen LogP contribution in [0.3, 0.4) is 0 Å². The standard InChI is InChI=1S/C12H10BrFN2O/c1-7-6-15-8(2)12(16-7)17-9-3-4-10(13)11(14)5-9/h3-6H,1-2H3. The summed E-state index contributed by atoms with van der Waals surface area (Å²) in [5.41, 5.74) is 1.42. The minimum absolute atomic E-state index is 0.374. The Balaban J connectivity index is 2.31. The SMILES string of the molecule is Cc1cnc(C)c(Oc2ccc(Br)c(F)c2)n1. The Morgan fingerprint density at radius 3 is 2.76 bits per heavy atom. The fourth-order valence-electron chi connectivity index (χ4n) is 1.26. The maximum atomic E-state index is 13.3. The van der Waals surface area contributed by atoms with Gasteiger partial charge in [0.15, 0.2) is 0 Å². The van der Waals surface area contributed by atoms with Crippen LogP contribution in [0.25, 0.3) is 0 Å². The molecule has 0 amide bonds. The summed E-state index contributed by atoms with van der Waals surface area (Å²) < 4.78 is 19.2. The lowest BCUT2D eigenvalue weighted by atomic mass is 10.3. The summed E-state index contributed by atoms with van der Waals surface area (Å²) in [6.07, 6.45) is 1.66. The number of ether oxygens (including phenoxy) is 1. The lowest BCUT2D eigenvalue weighted by molar-refractivity contribution is 0.449. The van der Waals surface area contributed by atoms with Crippen molar-refractivity contribution < 1.29 is 9.13 Å². The molecule has 0 bridgehead atoms. The Hall–Kier alpha value is -1.49. The summed E-state index contributed by atoms with van der Waals surface area (Å²) in [5, 5.41) is 0. The molecule has 3 nitrogen and oxygen atoms in total. The van der Waals surface area contributed by atoms with Crippen LogP contribution in [0.15, 0.2) is 28.9 Å². The summed E-state index contributed by atoms with van der Waals surface area (Å²) in [7, 11) is 0. The monoisotopic (exact) mass is 296 g/mol. The van der Waals surface area contributed by atoms with Gasteiger partial charge in [0, 0.05) is 12.3 Å². The van der Waals surface area contributed by atoms with E-state index in [1.807, 2.05) is 6.92 Å². The van der Waals surface area contributed by atoms with Gasteiger partial charge in [0.25, 0.3) is 0 Å². The summed E-state index contributed by atoms with van der Waals surface area (Å²) in [6.45, 7) is 3.61. The minimum Gasteiger partial charge on any atom is -0.437 e. The van der Waals surface area contributed by atoms with Gasteiger partial charge in [-0.2, -0.15) is 0 Å². The highest BCUT2D eigenvalue weighted by molar-refractivity contribution is 9.10. The van der Waals surface area contributed by atoms with E-state index < -0.39 is 0 Å². The Labute approximate surface area is 107 Å². The van der Waals surface area contributed by atoms with Crippen molar-refractivity contribution in [3.63, 3.8) is 0 Å². The lowest BCUT2D eigenvalue weighted by Crippen LogP contribution is -1.96. The van der Waals surface area contributed by atoms with E-state index in [9.17, 15) is 4.39 Å². The van der Waals surface area contributed by atoms with Gasteiger partial charge in [-0.25, -0.2) is 9.37 Å². The molecule has 88 valence electrons. The summed E-state index contributed by atoms with van der Waals surface area (Å²) in [4.78, 5) is 8.33. The van der Waals surface area contributed by atoms with E-state index in [4.69, 9.17) is 4.74 Å². The number of nitrogens with zero attached hydrogens (tertiary/aromatic N) is 2. The van der Waals surface area contributed by atoms with E-state index in [0.29, 0.717) is 21.8 Å². The van der Waals surface area contributed by atoms with Gasteiger partial charge in [-0.15, -0.1) is 0 Å². The lowest BCUT2D eigenvalue weighted by Gasteiger charge is -2.07. The molecule has 0 fully saturated rings. The fourth-order valence-corrected chi connectivity index (χ4v) is 1.51. The smallest absolute Gasteiger partial charge is 0.241 e. The minimum atomic E-state index is -0.374. The molecular formula is C12H10BrFN2O. The van der Waals surface area contributed by atoms with Gasteiger partial charge < -0.3 is 4.74 Å². The largest absolute Gasteiger partial charge is 0.437 e. The molecule has 0 spiro atoms. The van der Waals surface area contributed by atoms with E-state index in [1.165, 1.54) is 6.07 Å². The second-order valence-corrected chi connectivity index (χ2v) is 4.43. The number of aromatic nitrogens is 2. The molecule has 5 heteroatoms. The van der Waals surface area contributed by atoms with Gasteiger partial charge in [-0.05, 0) is 41.9 Å². The third-order valence-electron chi connectivity index (χ3n) is 2.14. The van der Waals surface area contributed by atoms with Crippen LogP contribution < -0.4 is 4.74 Å². The molecular weight excluding hydrogens is 287 g/mol. The Morgan fingerprint density at radius 1 is 1.29 bits per heavy atom. The van der Waals surface area contributed by atoms with E-state index in [2.05, 4.69) is 25.9 Å². The van der Waals surface area contributed by atoms with Crippen molar-refractivity contribution in [3.8, 4) is 11.6 Å². The molecule has 0 unspecified atom stereocenters. The first-order valence-corrected chi connectivity index (χ1v) is 5.78. The maximum absolute atomic E-state index is 13.3. The highest BCUT2D eigenvalue weighted by Crippen LogP contribution is 2.25. The van der Waals surface area contributed by atoms with Crippen LogP contribution in [-0.2, 0) is 0 Å². The molecule has 1 aromatic carbocycles. The van der Waals surface area contributed by atoms with Crippen LogP contribution >= 0.6 is 15.9 Å². The van der Waals surface area contributed by atoms with Crippen LogP contribution in [0.2, 0.25) is 0 Å². The second kappa shape index (κ2) is 4.79. The number of hydrogen-bond acceptors (Lipinski definition) is 3. The first-order chi connectivity index (χ1) is 8.06. The Kier molecular flexibility index (Phi) is 3.38. The quantitative estimate of drug-likeness (QED) is 0.846. The average Bonchev–Trinajstić information content (AvgIpc) is 2.29. The molecule has 0 atom stereocenters. The molecule has 0 radical (unpaired) electrons. The van der Waals surface area contributed by atoms with E-state index in [1.54, 1.807) is 25.3 Å². The normalized spacial score (nSPS) is 10.4. The average molecular weight is 297 g/mol. The van der Waals surface area contributed by atoms with Crippen molar-refractivity contribution in [1.82, 2.24) is 9.97 Å². The van der Waals surface area contributed by atoms with Gasteiger partial charge in [-0.3, -0.25) is 4.98 Å². The fraction of sp³-hybridized carbons (Fsp3) is 0.167. The number of rotatable bonds is 2. The van der Waals surface area contributed by atoms with Crippen LogP contribution in [0.4, 0.5) is 4.39 Å². The molecule has 0 aliphatic carbocycles. The maximum Gasteiger partial charge on any atom is 0.241 e. The molecule has 2 aromatic rings. The van der Waals surface area contributed by atoms with Gasteiger partial charge in [0.1, 0.15) is 11.6 Å². The van der Waals surface area contributed by atoms with Crippen molar-refractivity contribution >= 4 is 15.9 Å². The van der Waals surface area contributed by atoms with Crippen molar-refractivity contribution in [2.75, 3.05) is 0 Å². The summed E-state index contributed by atoms with van der Waals surface area (Å²) in [6, 6.07) is 4.55. The zero-order valence-electron chi connectivity index (χ0n) is 9.37. The van der Waals surface area contributed by atoms with Gasteiger partial charge >= 0.3 is 0 Å². The first kappa shape index (κ1) is 12.0. The van der Waals surface area contributed by atoms with E-state index in [-0.39, 0.29) is 5.82 Å². The molecule has 1 heterocycles. The third-order valence-corrected chi connectivity index (χ3v) is 2.78. The molecule has 0 saturated carbocycles. The van der Waals surface area contributed by atoms with Crippen LogP contribution in [0, 0.1) is 19.7 Å². The van der Waals surface area contributed by atoms with Gasteiger partial charge in [0.05, 0.1) is 15.9 Å².